The number of rotatable bonds is 4. The van der Waals surface area contributed by atoms with E-state index >= 15 is 0 Å². The van der Waals surface area contributed by atoms with E-state index in [2.05, 4.69) is 10.2 Å². The third-order valence-electron chi connectivity index (χ3n) is 2.95. The molecule has 0 radical (unpaired) electrons. The second-order valence-corrected chi connectivity index (χ2v) is 4.38. The standard InChI is InChI=1S/C15H13N3O3/c19-9-10-21-15(20)11-5-7-12(8-6-11)18-16-13-3-1-2-4-14(13)17-18/h1-8,19H,9-10H2. The fraction of sp³-hybridized carbons (Fsp3) is 0.133. The SMILES string of the molecule is O=C(OCCO)c1ccc(-n2nc3ccccc3n2)cc1. The number of ether oxygens (including phenoxy) is 1. The maximum atomic E-state index is 11.6. The second-order valence-electron chi connectivity index (χ2n) is 4.38. The van der Waals surface area contributed by atoms with Gasteiger partial charge in [0.1, 0.15) is 17.6 Å². The van der Waals surface area contributed by atoms with E-state index in [1.165, 1.54) is 4.80 Å². The highest BCUT2D eigenvalue weighted by Gasteiger charge is 2.08. The number of aromatic nitrogens is 3. The molecule has 1 N–H and O–H groups in total. The second kappa shape index (κ2) is 5.72. The lowest BCUT2D eigenvalue weighted by Crippen LogP contribution is -2.09. The molecule has 2 aromatic carbocycles. The highest BCUT2D eigenvalue weighted by atomic mass is 16.5. The Morgan fingerprint density at radius 1 is 1.05 bits per heavy atom. The summed E-state index contributed by atoms with van der Waals surface area (Å²) in [7, 11) is 0. The van der Waals surface area contributed by atoms with Crippen LogP contribution in [-0.2, 0) is 4.74 Å². The molecule has 1 aromatic heterocycles. The largest absolute Gasteiger partial charge is 0.460 e. The van der Waals surface area contributed by atoms with Crippen molar-refractivity contribution in [1.29, 1.82) is 0 Å². The van der Waals surface area contributed by atoms with Crippen molar-refractivity contribution in [3.8, 4) is 5.69 Å². The average molecular weight is 283 g/mol. The van der Waals surface area contributed by atoms with Crippen LogP contribution in [0.2, 0.25) is 0 Å². The first kappa shape index (κ1) is 13.3. The Hall–Kier alpha value is -2.73. The molecule has 0 aliphatic heterocycles. The van der Waals surface area contributed by atoms with Crippen molar-refractivity contribution < 1.29 is 14.6 Å². The zero-order valence-corrected chi connectivity index (χ0v) is 11.1. The first-order valence-corrected chi connectivity index (χ1v) is 6.48. The zero-order valence-electron chi connectivity index (χ0n) is 11.1. The highest BCUT2D eigenvalue weighted by molar-refractivity contribution is 5.89. The molecule has 0 aliphatic rings. The number of hydrogen-bond donors (Lipinski definition) is 1. The molecule has 0 saturated heterocycles. The number of aliphatic hydroxyl groups excluding tert-OH is 1. The molecular weight excluding hydrogens is 270 g/mol. The van der Waals surface area contributed by atoms with Crippen LogP contribution in [0.1, 0.15) is 10.4 Å². The van der Waals surface area contributed by atoms with Gasteiger partial charge in [0.05, 0.1) is 17.9 Å². The van der Waals surface area contributed by atoms with E-state index < -0.39 is 5.97 Å². The van der Waals surface area contributed by atoms with Gasteiger partial charge in [-0.1, -0.05) is 12.1 Å². The van der Waals surface area contributed by atoms with Gasteiger partial charge >= 0.3 is 5.97 Å². The van der Waals surface area contributed by atoms with Crippen molar-refractivity contribution in [2.45, 2.75) is 0 Å². The van der Waals surface area contributed by atoms with Crippen molar-refractivity contribution in [2.24, 2.45) is 0 Å². The van der Waals surface area contributed by atoms with Crippen LogP contribution in [0, 0.1) is 0 Å². The molecule has 0 aliphatic carbocycles. The van der Waals surface area contributed by atoms with Crippen LogP contribution in [0.3, 0.4) is 0 Å². The van der Waals surface area contributed by atoms with Crippen LogP contribution in [-0.4, -0.2) is 39.3 Å². The Balaban J connectivity index is 1.85. The first-order valence-electron chi connectivity index (χ1n) is 6.48. The number of fused-ring (bicyclic) bond motifs is 1. The molecular formula is C15H13N3O3. The molecule has 0 bridgehead atoms. The Morgan fingerprint density at radius 3 is 2.24 bits per heavy atom. The molecule has 106 valence electrons. The predicted molar refractivity (Wildman–Crippen MR) is 76.2 cm³/mol. The Morgan fingerprint density at radius 2 is 1.67 bits per heavy atom. The molecule has 6 nitrogen and oxygen atoms in total. The average Bonchev–Trinajstić information content (AvgIpc) is 2.96. The van der Waals surface area contributed by atoms with Crippen molar-refractivity contribution in [3.05, 3.63) is 54.1 Å². The quantitative estimate of drug-likeness (QED) is 0.735. The van der Waals surface area contributed by atoms with Crippen molar-refractivity contribution in [2.75, 3.05) is 13.2 Å². The molecule has 3 rings (SSSR count). The number of carbonyl (C=O) groups excluding carboxylic acids is 1. The summed E-state index contributed by atoms with van der Waals surface area (Å²) in [4.78, 5) is 13.1. The van der Waals surface area contributed by atoms with Gasteiger partial charge in [0.2, 0.25) is 0 Å². The topological polar surface area (TPSA) is 77.2 Å². The number of aliphatic hydroxyl groups is 1. The van der Waals surface area contributed by atoms with Crippen molar-refractivity contribution in [1.82, 2.24) is 15.0 Å². The minimum absolute atomic E-state index is 0.00726. The molecule has 0 unspecified atom stereocenters. The Bertz CT molecular complexity index is 732. The molecule has 0 amide bonds. The number of hydrogen-bond acceptors (Lipinski definition) is 5. The fourth-order valence-electron chi connectivity index (χ4n) is 1.93. The summed E-state index contributed by atoms with van der Waals surface area (Å²) < 4.78 is 4.84. The lowest BCUT2D eigenvalue weighted by Gasteiger charge is -2.03. The maximum absolute atomic E-state index is 11.6. The predicted octanol–water partition coefficient (Wildman–Crippen LogP) is 1.57. The fourth-order valence-corrected chi connectivity index (χ4v) is 1.93. The minimum atomic E-state index is -0.464. The van der Waals surface area contributed by atoms with E-state index in [0.717, 1.165) is 16.7 Å². The lowest BCUT2D eigenvalue weighted by atomic mass is 10.2. The normalized spacial score (nSPS) is 10.7. The molecule has 6 heteroatoms. The molecule has 0 spiro atoms. The van der Waals surface area contributed by atoms with E-state index in [0.29, 0.717) is 5.56 Å². The minimum Gasteiger partial charge on any atom is -0.460 e. The van der Waals surface area contributed by atoms with E-state index in [1.54, 1.807) is 24.3 Å². The van der Waals surface area contributed by atoms with Crippen LogP contribution >= 0.6 is 0 Å². The van der Waals surface area contributed by atoms with Crippen LogP contribution in [0.15, 0.2) is 48.5 Å². The lowest BCUT2D eigenvalue weighted by molar-refractivity contribution is 0.0434. The Labute approximate surface area is 120 Å². The summed E-state index contributed by atoms with van der Waals surface area (Å²) in [5.74, 6) is -0.464. The van der Waals surface area contributed by atoms with Crippen LogP contribution < -0.4 is 0 Å². The smallest absolute Gasteiger partial charge is 0.338 e. The van der Waals surface area contributed by atoms with Crippen LogP contribution in [0.4, 0.5) is 0 Å². The summed E-state index contributed by atoms with van der Waals surface area (Å²) in [6.07, 6.45) is 0. The summed E-state index contributed by atoms with van der Waals surface area (Å²) in [6.45, 7) is -0.194. The molecule has 0 saturated carbocycles. The molecule has 0 atom stereocenters. The third kappa shape index (κ3) is 2.75. The van der Waals surface area contributed by atoms with Gasteiger partial charge in [-0.05, 0) is 36.4 Å². The van der Waals surface area contributed by atoms with Gasteiger partial charge in [-0.15, -0.1) is 10.2 Å². The summed E-state index contributed by atoms with van der Waals surface area (Å²) in [5, 5.41) is 17.4. The van der Waals surface area contributed by atoms with E-state index in [-0.39, 0.29) is 13.2 Å². The summed E-state index contributed by atoms with van der Waals surface area (Å²) in [5.41, 5.74) is 2.79. The van der Waals surface area contributed by atoms with Crippen molar-refractivity contribution in [3.63, 3.8) is 0 Å². The van der Waals surface area contributed by atoms with Crippen LogP contribution in [0.25, 0.3) is 16.7 Å². The molecule has 21 heavy (non-hydrogen) atoms. The van der Waals surface area contributed by atoms with Gasteiger partial charge in [0.25, 0.3) is 0 Å². The van der Waals surface area contributed by atoms with E-state index in [9.17, 15) is 4.79 Å². The maximum Gasteiger partial charge on any atom is 0.338 e. The highest BCUT2D eigenvalue weighted by Crippen LogP contribution is 2.13. The zero-order chi connectivity index (χ0) is 14.7. The molecule has 0 fully saturated rings. The number of benzene rings is 2. The third-order valence-corrected chi connectivity index (χ3v) is 2.95. The van der Waals surface area contributed by atoms with Gasteiger partial charge < -0.3 is 9.84 Å². The van der Waals surface area contributed by atoms with Gasteiger partial charge in [0, 0.05) is 0 Å². The van der Waals surface area contributed by atoms with Gasteiger partial charge in [-0.3, -0.25) is 0 Å². The summed E-state index contributed by atoms with van der Waals surface area (Å²) >= 11 is 0. The van der Waals surface area contributed by atoms with E-state index in [1.807, 2.05) is 24.3 Å². The van der Waals surface area contributed by atoms with Gasteiger partial charge in [0.15, 0.2) is 0 Å². The number of esters is 1. The van der Waals surface area contributed by atoms with E-state index in [4.69, 9.17) is 9.84 Å². The monoisotopic (exact) mass is 283 g/mol. The van der Waals surface area contributed by atoms with Crippen LogP contribution in [0.5, 0.6) is 0 Å². The number of carbonyl (C=O) groups is 1. The number of nitrogens with zero attached hydrogens (tertiary/aromatic N) is 3. The molecule has 1 heterocycles. The first-order chi connectivity index (χ1) is 10.3. The van der Waals surface area contributed by atoms with Gasteiger partial charge in [-0.25, -0.2) is 4.79 Å². The Kier molecular flexibility index (Phi) is 3.61. The summed E-state index contributed by atoms with van der Waals surface area (Å²) in [6, 6.07) is 14.4. The van der Waals surface area contributed by atoms with Gasteiger partial charge in [-0.2, -0.15) is 4.80 Å². The van der Waals surface area contributed by atoms with Crippen molar-refractivity contribution >= 4 is 17.0 Å². The molecule has 3 aromatic rings.